The van der Waals surface area contributed by atoms with Crippen molar-refractivity contribution in [2.75, 3.05) is 32.1 Å². The van der Waals surface area contributed by atoms with Gasteiger partial charge >= 0.3 is 0 Å². The van der Waals surface area contributed by atoms with E-state index in [0.717, 1.165) is 30.4 Å². The Kier molecular flexibility index (Phi) is 4.40. The van der Waals surface area contributed by atoms with Gasteiger partial charge in [0.25, 0.3) is 0 Å². The zero-order chi connectivity index (χ0) is 13.1. The minimum atomic E-state index is 0.447. The first-order chi connectivity index (χ1) is 8.60. The molecule has 2 heterocycles. The fourth-order valence-corrected chi connectivity index (χ4v) is 2.66. The summed E-state index contributed by atoms with van der Waals surface area (Å²) in [5.74, 6) is 1.29. The number of aromatic nitrogens is 2. The second-order valence-electron chi connectivity index (χ2n) is 5.19. The zero-order valence-electron chi connectivity index (χ0n) is 11.4. The summed E-state index contributed by atoms with van der Waals surface area (Å²) in [6.45, 7) is 4.09. The van der Waals surface area contributed by atoms with Crippen molar-refractivity contribution in [3.8, 4) is 0 Å². The highest BCUT2D eigenvalue weighted by molar-refractivity contribution is 6.16. The van der Waals surface area contributed by atoms with Gasteiger partial charge in [-0.2, -0.15) is 0 Å². The van der Waals surface area contributed by atoms with E-state index in [1.807, 2.05) is 13.0 Å². The van der Waals surface area contributed by atoms with Crippen LogP contribution in [0.15, 0.2) is 6.07 Å². The summed E-state index contributed by atoms with van der Waals surface area (Å²) in [6, 6.07) is 2.47. The van der Waals surface area contributed by atoms with Crippen molar-refractivity contribution in [2.24, 2.45) is 0 Å². The van der Waals surface area contributed by atoms with Gasteiger partial charge in [-0.25, -0.2) is 9.97 Å². The summed E-state index contributed by atoms with van der Waals surface area (Å²) >= 11 is 5.88. The standard InChI is InChI=1S/C13H21ClN4/c1-10-7-11(8-14)16-13(15-10)18-6-4-5-12(18)9-17(2)3/h7,12H,4-6,8-9H2,1-3H3. The molecule has 0 bridgehead atoms. The second kappa shape index (κ2) is 5.85. The van der Waals surface area contributed by atoms with Crippen molar-refractivity contribution < 1.29 is 0 Å². The highest BCUT2D eigenvalue weighted by Gasteiger charge is 2.27. The number of nitrogens with zero attached hydrogens (tertiary/aromatic N) is 4. The van der Waals surface area contributed by atoms with Crippen molar-refractivity contribution in [3.63, 3.8) is 0 Å². The first-order valence-electron chi connectivity index (χ1n) is 6.42. The van der Waals surface area contributed by atoms with E-state index in [-0.39, 0.29) is 0 Å². The van der Waals surface area contributed by atoms with Crippen LogP contribution < -0.4 is 4.90 Å². The lowest BCUT2D eigenvalue weighted by Crippen LogP contribution is -2.38. The van der Waals surface area contributed by atoms with Crippen LogP contribution in [0.5, 0.6) is 0 Å². The second-order valence-corrected chi connectivity index (χ2v) is 5.45. The molecule has 0 amide bonds. The molecule has 4 nitrogen and oxygen atoms in total. The molecule has 18 heavy (non-hydrogen) atoms. The van der Waals surface area contributed by atoms with Crippen molar-refractivity contribution in [3.05, 3.63) is 17.5 Å². The number of alkyl halides is 1. The van der Waals surface area contributed by atoms with Gasteiger partial charge in [-0.05, 0) is 39.9 Å². The Morgan fingerprint density at radius 3 is 2.89 bits per heavy atom. The van der Waals surface area contributed by atoms with Crippen LogP contribution >= 0.6 is 11.6 Å². The van der Waals surface area contributed by atoms with E-state index in [4.69, 9.17) is 11.6 Å². The quantitative estimate of drug-likeness (QED) is 0.783. The van der Waals surface area contributed by atoms with Crippen LogP contribution in [0, 0.1) is 6.92 Å². The minimum Gasteiger partial charge on any atom is -0.337 e. The molecule has 1 saturated heterocycles. The van der Waals surface area contributed by atoms with E-state index >= 15 is 0 Å². The predicted octanol–water partition coefficient (Wildman–Crippen LogP) is 2.05. The Balaban J connectivity index is 2.21. The van der Waals surface area contributed by atoms with E-state index in [1.165, 1.54) is 12.8 Å². The first kappa shape index (κ1) is 13.6. The molecule has 1 aliphatic rings. The van der Waals surface area contributed by atoms with Gasteiger partial charge in [-0.15, -0.1) is 11.6 Å². The number of halogens is 1. The van der Waals surface area contributed by atoms with E-state index in [9.17, 15) is 0 Å². The lowest BCUT2D eigenvalue weighted by molar-refractivity contribution is 0.371. The fraction of sp³-hybridized carbons (Fsp3) is 0.692. The zero-order valence-corrected chi connectivity index (χ0v) is 12.1. The van der Waals surface area contributed by atoms with Crippen molar-refractivity contribution in [2.45, 2.75) is 31.7 Å². The Labute approximate surface area is 114 Å². The van der Waals surface area contributed by atoms with Crippen LogP contribution in [-0.4, -0.2) is 48.1 Å². The predicted molar refractivity (Wildman–Crippen MR) is 75.2 cm³/mol. The molecule has 0 spiro atoms. The molecular formula is C13H21ClN4. The highest BCUT2D eigenvalue weighted by Crippen LogP contribution is 2.23. The van der Waals surface area contributed by atoms with Crippen LogP contribution in [0.3, 0.4) is 0 Å². The summed E-state index contributed by atoms with van der Waals surface area (Å²) in [4.78, 5) is 13.7. The maximum absolute atomic E-state index is 5.88. The van der Waals surface area contributed by atoms with Crippen LogP contribution in [0.1, 0.15) is 24.2 Å². The molecule has 0 aliphatic carbocycles. The number of likely N-dealkylation sites (N-methyl/N-ethyl adjacent to an activating group) is 1. The molecule has 0 N–H and O–H groups in total. The van der Waals surface area contributed by atoms with Gasteiger partial charge in [0.1, 0.15) is 0 Å². The van der Waals surface area contributed by atoms with E-state index < -0.39 is 0 Å². The largest absolute Gasteiger partial charge is 0.337 e. The van der Waals surface area contributed by atoms with Crippen molar-refractivity contribution in [1.82, 2.24) is 14.9 Å². The lowest BCUT2D eigenvalue weighted by atomic mass is 10.2. The number of hydrogen-bond donors (Lipinski definition) is 0. The number of rotatable bonds is 4. The topological polar surface area (TPSA) is 32.3 Å². The van der Waals surface area contributed by atoms with Gasteiger partial charge in [0, 0.05) is 24.8 Å². The number of anilines is 1. The minimum absolute atomic E-state index is 0.447. The third-order valence-electron chi connectivity index (χ3n) is 3.24. The molecule has 0 saturated carbocycles. The summed E-state index contributed by atoms with van der Waals surface area (Å²) in [7, 11) is 4.22. The van der Waals surface area contributed by atoms with Gasteiger partial charge in [0.2, 0.25) is 5.95 Å². The Hall–Kier alpha value is -0.870. The third kappa shape index (κ3) is 3.12. The summed E-state index contributed by atoms with van der Waals surface area (Å²) in [6.07, 6.45) is 2.43. The summed E-state index contributed by atoms with van der Waals surface area (Å²) in [5, 5.41) is 0. The molecule has 100 valence electrons. The maximum atomic E-state index is 5.88. The lowest BCUT2D eigenvalue weighted by Gasteiger charge is -2.27. The SMILES string of the molecule is Cc1cc(CCl)nc(N2CCCC2CN(C)C)n1. The average molecular weight is 269 g/mol. The summed E-state index contributed by atoms with van der Waals surface area (Å²) in [5.41, 5.74) is 1.90. The summed E-state index contributed by atoms with van der Waals surface area (Å²) < 4.78 is 0. The molecule has 1 aromatic rings. The molecule has 1 aliphatic heterocycles. The van der Waals surface area contributed by atoms with Gasteiger partial charge < -0.3 is 9.80 Å². The molecule has 5 heteroatoms. The first-order valence-corrected chi connectivity index (χ1v) is 6.95. The van der Waals surface area contributed by atoms with Crippen LogP contribution in [0.25, 0.3) is 0 Å². The molecule has 1 fully saturated rings. The Bertz CT molecular complexity index is 408. The highest BCUT2D eigenvalue weighted by atomic mass is 35.5. The fourth-order valence-electron chi connectivity index (χ4n) is 2.52. The number of aryl methyl sites for hydroxylation is 1. The molecule has 1 aromatic heterocycles. The van der Waals surface area contributed by atoms with Crippen LogP contribution in [-0.2, 0) is 5.88 Å². The number of hydrogen-bond acceptors (Lipinski definition) is 4. The normalized spacial score (nSPS) is 19.8. The van der Waals surface area contributed by atoms with Gasteiger partial charge in [0.05, 0.1) is 11.6 Å². The van der Waals surface area contributed by atoms with Crippen molar-refractivity contribution in [1.29, 1.82) is 0 Å². The molecule has 0 radical (unpaired) electrons. The molecule has 1 unspecified atom stereocenters. The molecule has 2 rings (SSSR count). The molecular weight excluding hydrogens is 248 g/mol. The molecule has 0 aromatic carbocycles. The maximum Gasteiger partial charge on any atom is 0.226 e. The Morgan fingerprint density at radius 2 is 2.22 bits per heavy atom. The monoisotopic (exact) mass is 268 g/mol. The van der Waals surface area contributed by atoms with Gasteiger partial charge in [-0.3, -0.25) is 0 Å². The molecule has 1 atom stereocenters. The van der Waals surface area contributed by atoms with Crippen LogP contribution in [0.4, 0.5) is 5.95 Å². The average Bonchev–Trinajstić information content (AvgIpc) is 2.75. The van der Waals surface area contributed by atoms with Crippen LogP contribution in [0.2, 0.25) is 0 Å². The van der Waals surface area contributed by atoms with Gasteiger partial charge in [0.15, 0.2) is 0 Å². The van der Waals surface area contributed by atoms with Crippen molar-refractivity contribution >= 4 is 17.5 Å². The van der Waals surface area contributed by atoms with Gasteiger partial charge in [-0.1, -0.05) is 0 Å². The Morgan fingerprint density at radius 1 is 1.44 bits per heavy atom. The van der Waals surface area contributed by atoms with E-state index in [0.29, 0.717) is 11.9 Å². The third-order valence-corrected chi connectivity index (χ3v) is 3.52. The smallest absolute Gasteiger partial charge is 0.226 e. The van der Waals surface area contributed by atoms with E-state index in [1.54, 1.807) is 0 Å². The van der Waals surface area contributed by atoms with E-state index in [2.05, 4.69) is 33.9 Å².